The van der Waals surface area contributed by atoms with Crippen molar-refractivity contribution in [2.45, 2.75) is 45.7 Å². The number of amides is 3. The van der Waals surface area contributed by atoms with Crippen molar-refractivity contribution >= 4 is 11.9 Å². The molecule has 2 atom stereocenters. The highest BCUT2D eigenvalue weighted by atomic mass is 16.2. The second kappa shape index (κ2) is 8.59. The number of rotatable bonds is 6. The lowest BCUT2D eigenvalue weighted by molar-refractivity contribution is -0.121. The number of terminal acetylenes is 1. The predicted molar refractivity (Wildman–Crippen MR) is 67.3 cm³/mol. The van der Waals surface area contributed by atoms with Crippen LogP contribution in [0.25, 0.3) is 0 Å². The number of urea groups is 1. The van der Waals surface area contributed by atoms with Gasteiger partial charge in [-0.3, -0.25) is 15.4 Å². The summed E-state index contributed by atoms with van der Waals surface area (Å²) in [4.78, 5) is 22.7. The molecule has 0 aromatic heterocycles. The zero-order valence-corrected chi connectivity index (χ0v) is 10.7. The van der Waals surface area contributed by atoms with Crippen molar-refractivity contribution in [2.24, 2.45) is 0 Å². The lowest BCUT2D eigenvalue weighted by Gasteiger charge is -2.18. The molecule has 96 valence electrons. The third-order valence-electron chi connectivity index (χ3n) is 2.20. The Hall–Kier alpha value is -1.54. The molecule has 0 aliphatic heterocycles. The molecule has 0 heterocycles. The molecule has 0 saturated heterocycles. The Labute approximate surface area is 103 Å². The van der Waals surface area contributed by atoms with E-state index < -0.39 is 12.1 Å². The van der Waals surface area contributed by atoms with Gasteiger partial charge in [0.15, 0.2) is 0 Å². The molecule has 2 unspecified atom stereocenters. The van der Waals surface area contributed by atoms with E-state index in [1.807, 2.05) is 6.92 Å². The van der Waals surface area contributed by atoms with Crippen molar-refractivity contribution in [2.75, 3.05) is 6.54 Å². The second-order valence-electron chi connectivity index (χ2n) is 3.74. The van der Waals surface area contributed by atoms with E-state index in [-0.39, 0.29) is 11.9 Å². The SMILES string of the molecule is C#CC(CCC)NC(C)C(=O)NC(=O)NCC. The predicted octanol–water partition coefficient (Wildman–Crippen LogP) is 0.612. The summed E-state index contributed by atoms with van der Waals surface area (Å²) in [6.07, 6.45) is 7.07. The molecular weight excluding hydrogens is 218 g/mol. The van der Waals surface area contributed by atoms with Gasteiger partial charge in [0.05, 0.1) is 12.1 Å². The van der Waals surface area contributed by atoms with E-state index in [4.69, 9.17) is 6.42 Å². The minimum atomic E-state index is -0.495. The van der Waals surface area contributed by atoms with Gasteiger partial charge < -0.3 is 5.32 Å². The van der Waals surface area contributed by atoms with Crippen LogP contribution in [0.15, 0.2) is 0 Å². The molecule has 0 bridgehead atoms. The minimum absolute atomic E-state index is 0.144. The average molecular weight is 239 g/mol. The fourth-order valence-corrected chi connectivity index (χ4v) is 1.31. The summed E-state index contributed by atoms with van der Waals surface area (Å²) in [5.74, 6) is 2.19. The zero-order chi connectivity index (χ0) is 13.3. The molecule has 0 radical (unpaired) electrons. The van der Waals surface area contributed by atoms with E-state index in [2.05, 4.69) is 21.9 Å². The third-order valence-corrected chi connectivity index (χ3v) is 2.20. The van der Waals surface area contributed by atoms with E-state index in [1.165, 1.54) is 0 Å². The van der Waals surface area contributed by atoms with Crippen LogP contribution in [0.3, 0.4) is 0 Å². The van der Waals surface area contributed by atoms with E-state index in [9.17, 15) is 9.59 Å². The molecule has 0 aliphatic carbocycles. The molecule has 0 fully saturated rings. The first-order chi connectivity index (χ1) is 8.04. The lowest BCUT2D eigenvalue weighted by atomic mass is 10.1. The van der Waals surface area contributed by atoms with Crippen LogP contribution in [0.5, 0.6) is 0 Å². The maximum atomic E-state index is 11.6. The van der Waals surface area contributed by atoms with Gasteiger partial charge in [-0.2, -0.15) is 0 Å². The minimum Gasteiger partial charge on any atom is -0.338 e. The largest absolute Gasteiger partial charge is 0.338 e. The summed E-state index contributed by atoms with van der Waals surface area (Å²) in [5, 5.41) is 7.70. The Bertz CT molecular complexity index is 297. The number of hydrogen-bond donors (Lipinski definition) is 3. The summed E-state index contributed by atoms with van der Waals surface area (Å²) in [7, 11) is 0. The second-order valence-corrected chi connectivity index (χ2v) is 3.74. The lowest BCUT2D eigenvalue weighted by Crippen LogP contribution is -2.50. The van der Waals surface area contributed by atoms with Gasteiger partial charge >= 0.3 is 6.03 Å². The molecule has 5 heteroatoms. The maximum absolute atomic E-state index is 11.6. The fraction of sp³-hybridized carbons (Fsp3) is 0.667. The molecule has 5 nitrogen and oxygen atoms in total. The first-order valence-electron chi connectivity index (χ1n) is 5.85. The van der Waals surface area contributed by atoms with Crippen LogP contribution in [-0.2, 0) is 4.79 Å². The molecular formula is C12H21N3O2. The average Bonchev–Trinajstić information content (AvgIpc) is 2.28. The standard InChI is InChI=1S/C12H21N3O2/c1-5-8-10(6-2)14-9(4)11(16)15-12(17)13-7-3/h2,9-10,14H,5,7-8H2,1,3-4H3,(H2,13,15,16,17). The van der Waals surface area contributed by atoms with Crippen molar-refractivity contribution in [3.63, 3.8) is 0 Å². The first-order valence-corrected chi connectivity index (χ1v) is 5.85. The zero-order valence-electron chi connectivity index (χ0n) is 10.7. The highest BCUT2D eigenvalue weighted by Gasteiger charge is 2.17. The van der Waals surface area contributed by atoms with Crippen molar-refractivity contribution in [1.29, 1.82) is 0 Å². The Morgan fingerprint density at radius 2 is 2.00 bits per heavy atom. The Balaban J connectivity index is 4.13. The van der Waals surface area contributed by atoms with Gasteiger partial charge in [0.2, 0.25) is 5.91 Å². The third kappa shape index (κ3) is 6.59. The van der Waals surface area contributed by atoms with Crippen molar-refractivity contribution in [3.8, 4) is 12.3 Å². The van der Waals surface area contributed by atoms with Crippen LogP contribution < -0.4 is 16.0 Å². The van der Waals surface area contributed by atoms with Gasteiger partial charge in [-0.1, -0.05) is 19.3 Å². The number of imide groups is 1. The molecule has 3 amide bonds. The first kappa shape index (κ1) is 15.5. The molecule has 0 spiro atoms. The topological polar surface area (TPSA) is 70.2 Å². The Morgan fingerprint density at radius 1 is 1.35 bits per heavy atom. The van der Waals surface area contributed by atoms with Gasteiger partial charge in [-0.25, -0.2) is 4.79 Å². The number of carbonyl (C=O) groups excluding carboxylic acids is 2. The van der Waals surface area contributed by atoms with Gasteiger partial charge in [-0.05, 0) is 20.3 Å². The summed E-state index contributed by atoms with van der Waals surface area (Å²) in [6.45, 7) is 5.95. The molecule has 0 aromatic carbocycles. The van der Waals surface area contributed by atoms with Crippen molar-refractivity contribution < 1.29 is 9.59 Å². The quantitative estimate of drug-likeness (QED) is 0.595. The summed E-state index contributed by atoms with van der Waals surface area (Å²) < 4.78 is 0. The summed E-state index contributed by atoms with van der Waals surface area (Å²) in [5.41, 5.74) is 0. The molecule has 17 heavy (non-hydrogen) atoms. The van der Waals surface area contributed by atoms with Crippen molar-refractivity contribution in [1.82, 2.24) is 16.0 Å². The van der Waals surface area contributed by atoms with Gasteiger partial charge in [0, 0.05) is 6.54 Å². The monoisotopic (exact) mass is 239 g/mol. The normalized spacial score (nSPS) is 13.3. The number of hydrogen-bond acceptors (Lipinski definition) is 3. The molecule has 0 aliphatic rings. The smallest absolute Gasteiger partial charge is 0.321 e. The Kier molecular flexibility index (Phi) is 7.82. The van der Waals surface area contributed by atoms with Crippen LogP contribution in [0.4, 0.5) is 4.79 Å². The molecule has 0 saturated carbocycles. The number of carbonyl (C=O) groups is 2. The fourth-order valence-electron chi connectivity index (χ4n) is 1.31. The maximum Gasteiger partial charge on any atom is 0.321 e. The summed E-state index contributed by atoms with van der Waals surface area (Å²) in [6, 6.07) is -1.13. The van der Waals surface area contributed by atoms with E-state index >= 15 is 0 Å². The van der Waals surface area contributed by atoms with E-state index in [1.54, 1.807) is 13.8 Å². The van der Waals surface area contributed by atoms with Gasteiger partial charge in [0.1, 0.15) is 0 Å². The highest BCUT2D eigenvalue weighted by molar-refractivity contribution is 5.96. The number of nitrogens with one attached hydrogen (secondary N) is 3. The molecule has 0 rings (SSSR count). The van der Waals surface area contributed by atoms with E-state index in [0.717, 1.165) is 12.8 Å². The van der Waals surface area contributed by atoms with Crippen molar-refractivity contribution in [3.05, 3.63) is 0 Å². The van der Waals surface area contributed by atoms with Crippen LogP contribution in [0.2, 0.25) is 0 Å². The van der Waals surface area contributed by atoms with Gasteiger partial charge in [0.25, 0.3) is 0 Å². The van der Waals surface area contributed by atoms with Crippen LogP contribution in [0.1, 0.15) is 33.6 Å². The highest BCUT2D eigenvalue weighted by Crippen LogP contribution is 1.97. The van der Waals surface area contributed by atoms with Crippen LogP contribution in [0, 0.1) is 12.3 Å². The molecule has 0 aromatic rings. The Morgan fingerprint density at radius 3 is 2.47 bits per heavy atom. The van der Waals surface area contributed by atoms with Gasteiger partial charge in [-0.15, -0.1) is 6.42 Å². The van der Waals surface area contributed by atoms with E-state index in [0.29, 0.717) is 6.54 Å². The summed E-state index contributed by atoms with van der Waals surface area (Å²) >= 11 is 0. The molecule has 3 N–H and O–H groups in total. The van der Waals surface area contributed by atoms with Crippen LogP contribution >= 0.6 is 0 Å². The van der Waals surface area contributed by atoms with Crippen LogP contribution in [-0.4, -0.2) is 30.6 Å².